The van der Waals surface area contributed by atoms with E-state index in [0.29, 0.717) is 23.5 Å². The average Bonchev–Trinajstić information content (AvgIpc) is 2.65. The van der Waals surface area contributed by atoms with Gasteiger partial charge in [0.1, 0.15) is 0 Å². The third kappa shape index (κ3) is 4.65. The van der Waals surface area contributed by atoms with Crippen LogP contribution in [0.15, 0.2) is 29.3 Å². The highest BCUT2D eigenvalue weighted by Gasteiger charge is 2.34. The molecule has 0 saturated heterocycles. The number of benzene rings is 1. The predicted octanol–water partition coefficient (Wildman–Crippen LogP) is 5.64. The molecule has 154 valence electrons. The van der Waals surface area contributed by atoms with Crippen LogP contribution in [0.4, 0.5) is 0 Å². The number of Topliss-reactive ketones (excluding diaryl/α,β-unsaturated/α-hetero) is 2. The van der Waals surface area contributed by atoms with Crippen molar-refractivity contribution >= 4 is 11.6 Å². The molecule has 0 aliphatic heterocycles. The lowest BCUT2D eigenvalue weighted by Gasteiger charge is -2.34. The molecule has 1 aromatic carbocycles. The molecule has 28 heavy (non-hydrogen) atoms. The number of ether oxygens (including phenoxy) is 2. The van der Waals surface area contributed by atoms with Crippen LogP contribution in [0.5, 0.6) is 11.5 Å². The minimum Gasteiger partial charge on any atom is -0.493 e. The second-order valence-corrected chi connectivity index (χ2v) is 8.72. The maximum atomic E-state index is 13.1. The summed E-state index contributed by atoms with van der Waals surface area (Å²) in [5.74, 6) is 1.06. The Balaban J connectivity index is 2.15. The molecule has 0 N–H and O–H groups in total. The summed E-state index contributed by atoms with van der Waals surface area (Å²) in [4.78, 5) is 26.1. The Hall–Kier alpha value is -2.10. The van der Waals surface area contributed by atoms with Crippen molar-refractivity contribution in [3.63, 3.8) is 0 Å². The molecule has 1 aliphatic rings. The Morgan fingerprint density at radius 1 is 1.11 bits per heavy atom. The molecule has 0 fully saturated rings. The van der Waals surface area contributed by atoms with Crippen LogP contribution in [0.3, 0.4) is 0 Å². The van der Waals surface area contributed by atoms with Gasteiger partial charge in [-0.1, -0.05) is 33.3 Å². The van der Waals surface area contributed by atoms with E-state index in [4.69, 9.17) is 9.47 Å². The average molecular weight is 387 g/mol. The summed E-state index contributed by atoms with van der Waals surface area (Å²) in [6, 6.07) is 5.21. The third-order valence-corrected chi connectivity index (χ3v) is 6.18. The number of ketones is 2. The van der Waals surface area contributed by atoms with Gasteiger partial charge >= 0.3 is 0 Å². The minimum absolute atomic E-state index is 0.0230. The number of hydrogen-bond acceptors (Lipinski definition) is 4. The summed E-state index contributed by atoms with van der Waals surface area (Å²) < 4.78 is 10.6. The fraction of sp³-hybridized carbons (Fsp3) is 0.583. The molecule has 0 radical (unpaired) electrons. The zero-order valence-corrected chi connectivity index (χ0v) is 18.3. The van der Waals surface area contributed by atoms with Crippen LogP contribution in [-0.2, 0) is 4.79 Å². The summed E-state index contributed by atoms with van der Waals surface area (Å²) in [5.41, 5.74) is 2.71. The van der Waals surface area contributed by atoms with E-state index in [2.05, 4.69) is 20.8 Å². The van der Waals surface area contributed by atoms with Crippen LogP contribution in [0, 0.1) is 17.3 Å². The number of carbonyl (C=O) groups excluding carboxylic acids is 2. The van der Waals surface area contributed by atoms with Crippen molar-refractivity contribution in [2.45, 2.75) is 60.3 Å². The van der Waals surface area contributed by atoms with Crippen LogP contribution < -0.4 is 9.47 Å². The topological polar surface area (TPSA) is 52.6 Å². The molecule has 1 aliphatic carbocycles. The molecule has 1 aromatic rings. The van der Waals surface area contributed by atoms with Gasteiger partial charge in [-0.3, -0.25) is 9.59 Å². The molecule has 2 rings (SSSR count). The second-order valence-electron chi connectivity index (χ2n) is 8.72. The van der Waals surface area contributed by atoms with Gasteiger partial charge < -0.3 is 9.47 Å². The molecule has 4 nitrogen and oxygen atoms in total. The normalized spacial score (nSPS) is 18.4. The van der Waals surface area contributed by atoms with Crippen molar-refractivity contribution in [3.8, 4) is 11.5 Å². The summed E-state index contributed by atoms with van der Waals surface area (Å²) in [5, 5.41) is 0. The van der Waals surface area contributed by atoms with E-state index < -0.39 is 0 Å². The highest BCUT2D eigenvalue weighted by molar-refractivity contribution is 6.00. The first-order chi connectivity index (χ1) is 13.1. The number of hydrogen-bond donors (Lipinski definition) is 0. The van der Waals surface area contributed by atoms with Crippen molar-refractivity contribution in [3.05, 3.63) is 34.9 Å². The molecule has 4 heteroatoms. The second kappa shape index (κ2) is 8.93. The maximum absolute atomic E-state index is 13.1. The van der Waals surface area contributed by atoms with Gasteiger partial charge in [0.05, 0.1) is 14.2 Å². The lowest BCUT2D eigenvalue weighted by Crippen LogP contribution is -2.29. The van der Waals surface area contributed by atoms with Crippen LogP contribution in [0.25, 0.3) is 0 Å². The lowest BCUT2D eigenvalue weighted by molar-refractivity contribution is -0.117. The molecule has 0 saturated carbocycles. The predicted molar refractivity (Wildman–Crippen MR) is 112 cm³/mol. The standard InChI is InChI=1S/C24H34O4/c1-15-9-8-12-24(4,5)22(15)19(25)13-16(2)17(3)23(26)18-10-11-20(27-6)21(14-18)28-7/h10-11,14,16-17H,8-9,12-13H2,1-7H3. The van der Waals surface area contributed by atoms with E-state index in [0.717, 1.165) is 24.8 Å². The van der Waals surface area contributed by atoms with Crippen molar-refractivity contribution in [1.29, 1.82) is 0 Å². The molecule has 0 bridgehead atoms. The van der Waals surface area contributed by atoms with Gasteiger partial charge in [-0.05, 0) is 61.3 Å². The van der Waals surface area contributed by atoms with Crippen LogP contribution in [0.1, 0.15) is 70.7 Å². The Kier molecular flexibility index (Phi) is 7.08. The van der Waals surface area contributed by atoms with E-state index in [1.54, 1.807) is 32.4 Å². The van der Waals surface area contributed by atoms with Crippen molar-refractivity contribution in [2.24, 2.45) is 17.3 Å². The largest absolute Gasteiger partial charge is 0.493 e. The van der Waals surface area contributed by atoms with Gasteiger partial charge in [-0.2, -0.15) is 0 Å². The Morgan fingerprint density at radius 2 is 1.75 bits per heavy atom. The van der Waals surface area contributed by atoms with Gasteiger partial charge in [0.25, 0.3) is 0 Å². The van der Waals surface area contributed by atoms with Crippen molar-refractivity contribution in [2.75, 3.05) is 14.2 Å². The number of methoxy groups -OCH3 is 2. The van der Waals surface area contributed by atoms with Crippen molar-refractivity contribution < 1.29 is 19.1 Å². The summed E-state index contributed by atoms with van der Waals surface area (Å²) in [6.45, 7) is 10.3. The van der Waals surface area contributed by atoms with Gasteiger partial charge in [0, 0.05) is 17.9 Å². The Morgan fingerprint density at radius 3 is 2.32 bits per heavy atom. The van der Waals surface area contributed by atoms with E-state index in [9.17, 15) is 9.59 Å². The Labute approximate surface area is 169 Å². The molecule has 2 unspecified atom stereocenters. The highest BCUT2D eigenvalue weighted by atomic mass is 16.5. The fourth-order valence-corrected chi connectivity index (χ4v) is 4.32. The van der Waals surface area contributed by atoms with Crippen LogP contribution in [0.2, 0.25) is 0 Å². The monoisotopic (exact) mass is 386 g/mol. The molecule has 0 spiro atoms. The van der Waals surface area contributed by atoms with Gasteiger partial charge in [0.15, 0.2) is 23.1 Å². The van der Waals surface area contributed by atoms with Crippen molar-refractivity contribution in [1.82, 2.24) is 0 Å². The smallest absolute Gasteiger partial charge is 0.166 e. The van der Waals surface area contributed by atoms with Crippen LogP contribution >= 0.6 is 0 Å². The zero-order valence-electron chi connectivity index (χ0n) is 18.3. The molecule has 0 amide bonds. The lowest BCUT2D eigenvalue weighted by atomic mass is 9.69. The first kappa shape index (κ1) is 22.2. The summed E-state index contributed by atoms with van der Waals surface area (Å²) in [7, 11) is 3.12. The molecule has 0 heterocycles. The quantitative estimate of drug-likeness (QED) is 0.542. The molecule has 0 aromatic heterocycles. The summed E-state index contributed by atoms with van der Waals surface area (Å²) in [6.07, 6.45) is 3.58. The first-order valence-electron chi connectivity index (χ1n) is 10.1. The highest BCUT2D eigenvalue weighted by Crippen LogP contribution is 2.41. The van der Waals surface area contributed by atoms with E-state index in [-0.39, 0.29) is 28.8 Å². The van der Waals surface area contributed by atoms with E-state index in [1.165, 1.54) is 5.57 Å². The van der Waals surface area contributed by atoms with Gasteiger partial charge in [0.2, 0.25) is 0 Å². The SMILES string of the molecule is COc1ccc(C(=O)C(C)C(C)CC(=O)C2=C(C)CCCC2(C)C)cc1OC. The molecular formula is C24H34O4. The summed E-state index contributed by atoms with van der Waals surface area (Å²) >= 11 is 0. The van der Waals surface area contributed by atoms with Gasteiger partial charge in [-0.25, -0.2) is 0 Å². The van der Waals surface area contributed by atoms with E-state index >= 15 is 0 Å². The van der Waals surface area contributed by atoms with Gasteiger partial charge in [-0.15, -0.1) is 0 Å². The number of allylic oxidation sites excluding steroid dienone is 2. The first-order valence-corrected chi connectivity index (χ1v) is 10.1. The fourth-order valence-electron chi connectivity index (χ4n) is 4.32. The number of carbonyl (C=O) groups is 2. The minimum atomic E-state index is -0.255. The Bertz CT molecular complexity index is 773. The third-order valence-electron chi connectivity index (χ3n) is 6.18. The molecular weight excluding hydrogens is 352 g/mol. The molecule has 2 atom stereocenters. The number of rotatable bonds is 8. The van der Waals surface area contributed by atoms with Crippen LogP contribution in [-0.4, -0.2) is 25.8 Å². The van der Waals surface area contributed by atoms with E-state index in [1.807, 2.05) is 13.8 Å². The zero-order chi connectivity index (χ0) is 21.1. The maximum Gasteiger partial charge on any atom is 0.166 e.